The van der Waals surface area contributed by atoms with Gasteiger partial charge in [0.05, 0.1) is 12.5 Å². The largest absolute Gasteiger partial charge is 0.471 e. The summed E-state index contributed by atoms with van der Waals surface area (Å²) in [7, 11) is 0. The highest BCUT2D eigenvalue weighted by Gasteiger charge is 2.39. The van der Waals surface area contributed by atoms with Gasteiger partial charge in [-0.3, -0.25) is 0 Å². The molecule has 0 unspecified atom stereocenters. The first-order chi connectivity index (χ1) is 9.42. The fraction of sp³-hybridized carbons (Fsp3) is 0.111. The predicted molar refractivity (Wildman–Crippen MR) is 76.1 cm³/mol. The van der Waals surface area contributed by atoms with Crippen molar-refractivity contribution in [2.75, 3.05) is 0 Å². The van der Waals surface area contributed by atoms with Gasteiger partial charge in [0, 0.05) is 23.0 Å². The van der Waals surface area contributed by atoms with Gasteiger partial charge in [0.25, 0.3) is 0 Å². The molecule has 90 valence electrons. The summed E-state index contributed by atoms with van der Waals surface area (Å²) >= 11 is 0. The van der Waals surface area contributed by atoms with Crippen LogP contribution in [0.4, 0.5) is 0 Å². The van der Waals surface area contributed by atoms with Crippen molar-refractivity contribution < 1.29 is 4.42 Å². The van der Waals surface area contributed by atoms with Crippen molar-refractivity contribution in [3.8, 4) is 0 Å². The molecule has 1 aromatic heterocycles. The summed E-state index contributed by atoms with van der Waals surface area (Å²) in [6, 6.07) is 0. The summed E-state index contributed by atoms with van der Waals surface area (Å²) in [5.74, 6) is 0.954. The van der Waals surface area contributed by atoms with E-state index in [0.717, 1.165) is 0 Å². The first kappa shape index (κ1) is 9.62. The van der Waals surface area contributed by atoms with Gasteiger partial charge in [0.15, 0.2) is 0 Å². The maximum absolute atomic E-state index is 5.40. The lowest BCUT2D eigenvalue weighted by Crippen LogP contribution is -2.28. The van der Waals surface area contributed by atoms with E-state index in [1.807, 2.05) is 12.5 Å². The Morgan fingerprint density at radius 1 is 0.789 bits per heavy atom. The van der Waals surface area contributed by atoms with Crippen molar-refractivity contribution in [2.24, 2.45) is 11.8 Å². The molecule has 1 nitrogen and oxygen atoms in total. The van der Waals surface area contributed by atoms with Gasteiger partial charge >= 0.3 is 0 Å². The quantitative estimate of drug-likeness (QED) is 0.663. The molecule has 1 heteroatoms. The normalized spacial score (nSPS) is 28.8. The number of hydrogen-bond acceptors (Lipinski definition) is 1. The van der Waals surface area contributed by atoms with Gasteiger partial charge in [-0.15, -0.1) is 0 Å². The molecule has 4 aliphatic rings. The SMILES string of the molecule is C1=CC2=CC=C3c4cocc4C=C4C=CC(=C1)[C@H]2[C@H]43. The summed E-state index contributed by atoms with van der Waals surface area (Å²) in [6.07, 6.45) is 21.7. The number of rotatable bonds is 0. The molecule has 0 N–H and O–H groups in total. The van der Waals surface area contributed by atoms with Crippen LogP contribution in [0.3, 0.4) is 0 Å². The van der Waals surface area contributed by atoms with Crippen molar-refractivity contribution in [1.82, 2.24) is 0 Å². The second-order valence-electron chi connectivity index (χ2n) is 5.49. The molecule has 0 aliphatic heterocycles. The second-order valence-corrected chi connectivity index (χ2v) is 5.49. The third-order valence-corrected chi connectivity index (χ3v) is 4.57. The summed E-state index contributed by atoms with van der Waals surface area (Å²) in [5, 5.41) is 0. The summed E-state index contributed by atoms with van der Waals surface area (Å²) in [5.41, 5.74) is 8.12. The minimum atomic E-state index is 0.464. The Labute approximate surface area is 111 Å². The highest BCUT2D eigenvalue weighted by molar-refractivity contribution is 5.87. The topological polar surface area (TPSA) is 13.1 Å². The zero-order valence-electron chi connectivity index (χ0n) is 10.3. The van der Waals surface area contributed by atoms with Gasteiger partial charge in [-0.05, 0) is 28.4 Å². The predicted octanol–water partition coefficient (Wildman–Crippen LogP) is 4.30. The maximum Gasteiger partial charge on any atom is 0.0984 e. The van der Waals surface area contributed by atoms with E-state index in [9.17, 15) is 0 Å². The third kappa shape index (κ3) is 1.11. The summed E-state index contributed by atoms with van der Waals surface area (Å²) in [6.45, 7) is 0. The highest BCUT2D eigenvalue weighted by Crippen LogP contribution is 2.52. The summed E-state index contributed by atoms with van der Waals surface area (Å²) < 4.78 is 5.40. The third-order valence-electron chi connectivity index (χ3n) is 4.57. The molecule has 0 aromatic carbocycles. The van der Waals surface area contributed by atoms with E-state index in [1.54, 1.807) is 0 Å². The zero-order valence-corrected chi connectivity index (χ0v) is 10.3. The molecule has 0 saturated carbocycles. The number of hydrogen-bond donors (Lipinski definition) is 0. The molecule has 0 radical (unpaired) electrons. The van der Waals surface area contributed by atoms with Crippen molar-refractivity contribution in [2.45, 2.75) is 0 Å². The number of furan rings is 1. The van der Waals surface area contributed by atoms with Crippen LogP contribution >= 0.6 is 0 Å². The Kier molecular flexibility index (Phi) is 1.61. The molecule has 19 heavy (non-hydrogen) atoms. The van der Waals surface area contributed by atoms with Crippen LogP contribution in [0.1, 0.15) is 11.1 Å². The van der Waals surface area contributed by atoms with E-state index in [4.69, 9.17) is 4.42 Å². The molecular weight excluding hydrogens is 232 g/mol. The van der Waals surface area contributed by atoms with Crippen LogP contribution in [-0.2, 0) is 0 Å². The molecule has 5 rings (SSSR count). The lowest BCUT2D eigenvalue weighted by molar-refractivity contribution is 0.564. The molecule has 2 atom stereocenters. The van der Waals surface area contributed by atoms with Gasteiger partial charge in [-0.2, -0.15) is 0 Å². The van der Waals surface area contributed by atoms with E-state index in [0.29, 0.717) is 11.8 Å². The standard InChI is InChI=1S/C18H12O/c1-2-11-4-5-13-8-14-9-19-10-16(14)15-7-6-12(3-1)17(11)18(13)15/h1-10,17-18H/t17-,18-/m1/s1. The molecule has 4 aliphatic carbocycles. The van der Waals surface area contributed by atoms with Crippen LogP contribution in [0.15, 0.2) is 76.2 Å². The molecule has 0 saturated heterocycles. The Hall–Kier alpha value is -2.28. The van der Waals surface area contributed by atoms with E-state index in [1.165, 1.54) is 33.4 Å². The Balaban J connectivity index is 1.87. The Morgan fingerprint density at radius 2 is 1.68 bits per heavy atom. The Morgan fingerprint density at radius 3 is 2.68 bits per heavy atom. The smallest absolute Gasteiger partial charge is 0.0984 e. The number of allylic oxidation sites excluding steroid dienone is 11. The monoisotopic (exact) mass is 244 g/mol. The fourth-order valence-corrected chi connectivity index (χ4v) is 3.74. The molecule has 1 aromatic rings. The van der Waals surface area contributed by atoms with E-state index >= 15 is 0 Å². The first-order valence-corrected chi connectivity index (χ1v) is 6.68. The van der Waals surface area contributed by atoms with Gasteiger partial charge in [-0.25, -0.2) is 0 Å². The Bertz CT molecular complexity index is 774. The van der Waals surface area contributed by atoms with Crippen molar-refractivity contribution in [1.29, 1.82) is 0 Å². The van der Waals surface area contributed by atoms with Gasteiger partial charge in [0.2, 0.25) is 0 Å². The molecule has 0 bridgehead atoms. The lowest BCUT2D eigenvalue weighted by atomic mass is 9.63. The van der Waals surface area contributed by atoms with Crippen LogP contribution in [0.25, 0.3) is 11.6 Å². The maximum atomic E-state index is 5.40. The second kappa shape index (κ2) is 3.18. The zero-order chi connectivity index (χ0) is 12.4. The van der Waals surface area contributed by atoms with Gasteiger partial charge < -0.3 is 4.42 Å². The molecule has 0 spiro atoms. The van der Waals surface area contributed by atoms with Crippen LogP contribution in [0.2, 0.25) is 0 Å². The molecule has 0 fully saturated rings. The van der Waals surface area contributed by atoms with Crippen molar-refractivity contribution >= 4 is 11.6 Å². The minimum Gasteiger partial charge on any atom is -0.471 e. The average Bonchev–Trinajstić information content (AvgIpc) is 2.92. The molecule has 1 heterocycles. The average molecular weight is 244 g/mol. The van der Waals surface area contributed by atoms with Crippen molar-refractivity contribution in [3.05, 3.63) is 82.9 Å². The van der Waals surface area contributed by atoms with Gasteiger partial charge in [-0.1, -0.05) is 42.5 Å². The fourth-order valence-electron chi connectivity index (χ4n) is 3.74. The van der Waals surface area contributed by atoms with Crippen LogP contribution < -0.4 is 0 Å². The first-order valence-electron chi connectivity index (χ1n) is 6.68. The van der Waals surface area contributed by atoms with Crippen molar-refractivity contribution in [3.63, 3.8) is 0 Å². The van der Waals surface area contributed by atoms with Crippen LogP contribution in [-0.4, -0.2) is 0 Å². The van der Waals surface area contributed by atoms with E-state index < -0.39 is 0 Å². The minimum absolute atomic E-state index is 0.464. The van der Waals surface area contributed by atoms with Crippen LogP contribution in [0.5, 0.6) is 0 Å². The van der Waals surface area contributed by atoms with Crippen LogP contribution in [0, 0.1) is 11.8 Å². The van der Waals surface area contributed by atoms with E-state index in [2.05, 4.69) is 48.6 Å². The number of fused-ring (bicyclic) bond motifs is 2. The summed E-state index contributed by atoms with van der Waals surface area (Å²) in [4.78, 5) is 0. The molecule has 0 amide bonds. The molecular formula is C18H12O. The van der Waals surface area contributed by atoms with Gasteiger partial charge in [0.1, 0.15) is 0 Å². The van der Waals surface area contributed by atoms with E-state index in [-0.39, 0.29) is 0 Å². The lowest BCUT2D eigenvalue weighted by Gasteiger charge is -2.40. The highest BCUT2D eigenvalue weighted by atomic mass is 16.3.